The molecule has 3 aromatic rings. The van der Waals surface area contributed by atoms with Crippen LogP contribution in [0.25, 0.3) is 5.65 Å². The van der Waals surface area contributed by atoms with Gasteiger partial charge >= 0.3 is 0 Å². The third kappa shape index (κ3) is 4.37. The van der Waals surface area contributed by atoms with Crippen molar-refractivity contribution in [2.45, 2.75) is 33.7 Å². The van der Waals surface area contributed by atoms with Crippen LogP contribution >= 0.6 is 0 Å². The van der Waals surface area contributed by atoms with E-state index in [4.69, 9.17) is 4.42 Å². The van der Waals surface area contributed by atoms with Crippen molar-refractivity contribution in [1.82, 2.24) is 25.0 Å². The van der Waals surface area contributed by atoms with E-state index in [1.54, 1.807) is 0 Å². The second-order valence-corrected chi connectivity index (χ2v) is 5.82. The number of nitrogens with zero attached hydrogens (tertiary/aromatic N) is 4. The molecule has 3 aromatic heterocycles. The molecule has 25 heavy (non-hydrogen) atoms. The maximum Gasteiger partial charge on any atom is 0.216 e. The minimum absolute atomic E-state index is 0.415. The minimum atomic E-state index is 0.415. The van der Waals surface area contributed by atoms with E-state index < -0.39 is 0 Å². The zero-order valence-corrected chi connectivity index (χ0v) is 14.9. The molecule has 7 heteroatoms. The molecular formula is C18H24N6O. The summed E-state index contributed by atoms with van der Waals surface area (Å²) in [5, 5.41) is 6.56. The van der Waals surface area contributed by atoms with Gasteiger partial charge in [0, 0.05) is 31.9 Å². The second kappa shape index (κ2) is 7.83. The number of guanidine groups is 1. The normalized spacial score (nSPS) is 11.9. The van der Waals surface area contributed by atoms with Gasteiger partial charge in [-0.2, -0.15) is 0 Å². The Morgan fingerprint density at radius 2 is 2.12 bits per heavy atom. The zero-order chi connectivity index (χ0) is 17.6. The molecule has 132 valence electrons. The van der Waals surface area contributed by atoms with Crippen LogP contribution in [-0.2, 0) is 13.0 Å². The number of aliphatic imine (C=N–C) groups is 1. The Morgan fingerprint density at radius 3 is 2.84 bits per heavy atom. The predicted molar refractivity (Wildman–Crippen MR) is 97.7 cm³/mol. The van der Waals surface area contributed by atoms with E-state index >= 15 is 0 Å². The Hall–Kier alpha value is -2.83. The molecule has 0 radical (unpaired) electrons. The van der Waals surface area contributed by atoms with Crippen molar-refractivity contribution >= 4 is 11.6 Å². The lowest BCUT2D eigenvalue weighted by Gasteiger charge is -2.10. The molecule has 0 saturated carbocycles. The van der Waals surface area contributed by atoms with Gasteiger partial charge in [-0.05, 0) is 32.9 Å². The number of fused-ring (bicyclic) bond motifs is 1. The number of hydrogen-bond donors (Lipinski definition) is 2. The van der Waals surface area contributed by atoms with E-state index in [1.165, 1.54) is 0 Å². The Balaban J connectivity index is 1.56. The average molecular weight is 340 g/mol. The molecule has 0 spiro atoms. The maximum absolute atomic E-state index is 5.56. The first-order chi connectivity index (χ1) is 12.2. The molecule has 3 heterocycles. The van der Waals surface area contributed by atoms with Crippen LogP contribution in [0.3, 0.4) is 0 Å². The highest BCUT2D eigenvalue weighted by Gasteiger charge is 2.06. The predicted octanol–water partition coefficient (Wildman–Crippen LogP) is 2.24. The van der Waals surface area contributed by atoms with Gasteiger partial charge in [0.25, 0.3) is 0 Å². The average Bonchev–Trinajstić information content (AvgIpc) is 3.15. The van der Waals surface area contributed by atoms with Crippen molar-refractivity contribution in [2.24, 2.45) is 4.99 Å². The molecule has 7 nitrogen and oxygen atoms in total. The summed E-state index contributed by atoms with van der Waals surface area (Å²) in [5.41, 5.74) is 2.93. The van der Waals surface area contributed by atoms with Gasteiger partial charge in [0.2, 0.25) is 5.89 Å². The fourth-order valence-corrected chi connectivity index (χ4v) is 2.51. The molecule has 2 N–H and O–H groups in total. The van der Waals surface area contributed by atoms with Crippen LogP contribution in [0.1, 0.15) is 30.0 Å². The molecule has 0 bridgehead atoms. The molecule has 0 atom stereocenters. The van der Waals surface area contributed by atoms with E-state index in [0.717, 1.165) is 48.3 Å². The van der Waals surface area contributed by atoms with Gasteiger partial charge in [0.1, 0.15) is 18.0 Å². The quantitative estimate of drug-likeness (QED) is 0.531. The van der Waals surface area contributed by atoms with Crippen LogP contribution in [-0.4, -0.2) is 33.4 Å². The highest BCUT2D eigenvalue weighted by Crippen LogP contribution is 2.09. The maximum atomic E-state index is 5.56. The minimum Gasteiger partial charge on any atom is -0.444 e. The van der Waals surface area contributed by atoms with Crippen LogP contribution in [0.2, 0.25) is 0 Å². The van der Waals surface area contributed by atoms with Crippen molar-refractivity contribution in [1.29, 1.82) is 0 Å². The largest absolute Gasteiger partial charge is 0.444 e. The second-order valence-electron chi connectivity index (χ2n) is 5.82. The number of hydrogen-bond acceptors (Lipinski definition) is 4. The lowest BCUT2D eigenvalue weighted by atomic mass is 10.3. The summed E-state index contributed by atoms with van der Waals surface area (Å²) in [6.07, 6.45) is 4.88. The fraction of sp³-hybridized carbons (Fsp3) is 0.389. The summed E-state index contributed by atoms with van der Waals surface area (Å²) in [7, 11) is 0. The molecule has 0 aliphatic heterocycles. The van der Waals surface area contributed by atoms with Crippen molar-refractivity contribution in [3.05, 3.63) is 53.6 Å². The Bertz CT molecular complexity index is 811. The molecule has 0 fully saturated rings. The van der Waals surface area contributed by atoms with Crippen LogP contribution in [0.4, 0.5) is 0 Å². The summed E-state index contributed by atoms with van der Waals surface area (Å²) < 4.78 is 7.59. The first kappa shape index (κ1) is 17.0. The number of pyridine rings is 1. The number of nitrogens with one attached hydrogen (secondary N) is 2. The smallest absolute Gasteiger partial charge is 0.216 e. The van der Waals surface area contributed by atoms with Gasteiger partial charge in [-0.25, -0.2) is 15.0 Å². The SMILES string of the molecule is CCNC(=NCc1nc(C)c(C)o1)NCCc1cn2ccccc2n1. The highest BCUT2D eigenvalue weighted by atomic mass is 16.4. The topological polar surface area (TPSA) is 79.8 Å². The van der Waals surface area contributed by atoms with E-state index in [0.29, 0.717) is 12.4 Å². The molecule has 0 aliphatic rings. The van der Waals surface area contributed by atoms with Crippen molar-refractivity contribution in [3.63, 3.8) is 0 Å². The summed E-state index contributed by atoms with van der Waals surface area (Å²) in [5.74, 6) is 2.22. The van der Waals surface area contributed by atoms with Gasteiger partial charge in [-0.15, -0.1) is 0 Å². The summed E-state index contributed by atoms with van der Waals surface area (Å²) >= 11 is 0. The number of aryl methyl sites for hydroxylation is 2. The standard InChI is InChI=1S/C18H24N6O/c1-4-19-18(21-11-17-22-13(2)14(3)25-17)20-9-8-15-12-24-10-6-5-7-16(24)23-15/h5-7,10,12H,4,8-9,11H2,1-3H3,(H2,19,20,21). The zero-order valence-electron chi connectivity index (χ0n) is 14.9. The van der Waals surface area contributed by atoms with Crippen LogP contribution in [0.5, 0.6) is 0 Å². The molecule has 0 saturated heterocycles. The van der Waals surface area contributed by atoms with Crippen LogP contribution in [0.15, 0.2) is 40.0 Å². The lowest BCUT2D eigenvalue weighted by Crippen LogP contribution is -2.38. The number of imidazole rings is 1. The van der Waals surface area contributed by atoms with Crippen molar-refractivity contribution < 1.29 is 4.42 Å². The molecule has 0 aliphatic carbocycles. The summed E-state index contributed by atoms with van der Waals surface area (Å²) in [6.45, 7) is 7.85. The molecule has 0 unspecified atom stereocenters. The van der Waals surface area contributed by atoms with E-state index in [1.807, 2.05) is 49.6 Å². The molecule has 0 aromatic carbocycles. The van der Waals surface area contributed by atoms with Gasteiger partial charge < -0.3 is 19.5 Å². The molecular weight excluding hydrogens is 316 g/mol. The van der Waals surface area contributed by atoms with Crippen molar-refractivity contribution in [3.8, 4) is 0 Å². The number of oxazole rings is 1. The van der Waals surface area contributed by atoms with Gasteiger partial charge in [-0.3, -0.25) is 0 Å². The summed E-state index contributed by atoms with van der Waals surface area (Å²) in [6, 6.07) is 5.99. The highest BCUT2D eigenvalue weighted by molar-refractivity contribution is 5.79. The molecule has 0 amide bonds. The Kier molecular flexibility index (Phi) is 5.33. The van der Waals surface area contributed by atoms with Crippen LogP contribution < -0.4 is 10.6 Å². The van der Waals surface area contributed by atoms with Gasteiger partial charge in [-0.1, -0.05) is 6.07 Å². The monoisotopic (exact) mass is 340 g/mol. The van der Waals surface area contributed by atoms with Crippen molar-refractivity contribution in [2.75, 3.05) is 13.1 Å². The van der Waals surface area contributed by atoms with E-state index in [-0.39, 0.29) is 0 Å². The van der Waals surface area contributed by atoms with Gasteiger partial charge in [0.05, 0.1) is 11.4 Å². The molecule has 3 rings (SSSR count). The van der Waals surface area contributed by atoms with E-state index in [2.05, 4.69) is 31.8 Å². The lowest BCUT2D eigenvalue weighted by molar-refractivity contribution is 0.473. The number of rotatable bonds is 6. The summed E-state index contributed by atoms with van der Waals surface area (Å²) in [4.78, 5) is 13.5. The third-order valence-electron chi connectivity index (χ3n) is 3.88. The third-order valence-corrected chi connectivity index (χ3v) is 3.88. The number of aromatic nitrogens is 3. The Morgan fingerprint density at radius 1 is 1.24 bits per heavy atom. The first-order valence-corrected chi connectivity index (χ1v) is 8.53. The first-order valence-electron chi connectivity index (χ1n) is 8.53. The Labute approximate surface area is 147 Å². The van der Waals surface area contributed by atoms with E-state index in [9.17, 15) is 0 Å². The fourth-order valence-electron chi connectivity index (χ4n) is 2.51. The van der Waals surface area contributed by atoms with Gasteiger partial charge in [0.15, 0.2) is 5.96 Å². The van der Waals surface area contributed by atoms with Crippen LogP contribution in [0, 0.1) is 13.8 Å².